The number of amides is 2. The molecular weight excluding hydrogens is 482 g/mol. The van der Waals surface area contributed by atoms with E-state index in [9.17, 15) is 9.59 Å². The number of hydrogen-bond donors (Lipinski definition) is 1. The van der Waals surface area contributed by atoms with Gasteiger partial charge in [0, 0.05) is 17.3 Å². The Hall–Kier alpha value is -3.42. The van der Waals surface area contributed by atoms with Crippen molar-refractivity contribution in [2.45, 2.75) is 32.9 Å². The monoisotopic (exact) mass is 507 g/mol. The number of carbonyl (C=O) groups excluding carboxylic acids is 2. The normalized spacial score (nSPS) is 15.5. The number of halogens is 1. The molecule has 1 aliphatic heterocycles. The molecule has 8 heteroatoms. The lowest BCUT2D eigenvalue weighted by molar-refractivity contribution is -0.124. The van der Waals surface area contributed by atoms with E-state index >= 15 is 0 Å². The minimum Gasteiger partial charge on any atom is -0.497 e. The third-order valence-corrected chi connectivity index (χ3v) is 6.77. The smallest absolute Gasteiger partial charge is 0.256 e. The van der Waals surface area contributed by atoms with Crippen LogP contribution in [-0.4, -0.2) is 35.0 Å². The Labute approximate surface area is 215 Å². The average molecular weight is 508 g/mol. The molecule has 0 aliphatic carbocycles. The molecule has 0 saturated carbocycles. The maximum absolute atomic E-state index is 13.6. The highest BCUT2D eigenvalue weighted by atomic mass is 35.5. The van der Waals surface area contributed by atoms with Crippen LogP contribution < -0.4 is 15.0 Å². The van der Waals surface area contributed by atoms with Crippen LogP contribution in [-0.2, 0) is 16.1 Å². The molecule has 0 aromatic heterocycles. The van der Waals surface area contributed by atoms with Crippen molar-refractivity contribution in [3.05, 3.63) is 88.4 Å². The Morgan fingerprint density at radius 1 is 1.09 bits per heavy atom. The Morgan fingerprint density at radius 3 is 2.46 bits per heavy atom. The van der Waals surface area contributed by atoms with Gasteiger partial charge in [0.1, 0.15) is 11.8 Å². The fraction of sp³-hybridized carbons (Fsp3) is 0.222. The first-order valence-electron chi connectivity index (χ1n) is 11.2. The standard InChI is InChI=1S/C27H26ClN3O3S/c1-17-8-13-23(18(2)14-17)29-25(32)15-24-26(33)31(20-9-11-21(34-3)12-10-20)27(35)30(24)16-19-6-4-5-7-22(19)28/h4-14,24H,15-16H2,1-3H3,(H,29,32)/t24-/m0/s1. The summed E-state index contributed by atoms with van der Waals surface area (Å²) < 4.78 is 5.23. The van der Waals surface area contributed by atoms with Crippen molar-refractivity contribution in [1.82, 2.24) is 4.90 Å². The molecule has 0 radical (unpaired) electrons. The number of benzene rings is 3. The topological polar surface area (TPSA) is 61.9 Å². The third-order valence-electron chi connectivity index (χ3n) is 5.98. The van der Waals surface area contributed by atoms with Crippen LogP contribution in [0.15, 0.2) is 66.7 Å². The van der Waals surface area contributed by atoms with E-state index < -0.39 is 6.04 Å². The number of anilines is 2. The van der Waals surface area contributed by atoms with Crippen molar-refractivity contribution in [3.8, 4) is 5.75 Å². The Balaban J connectivity index is 1.62. The molecule has 1 aliphatic rings. The minimum atomic E-state index is -0.772. The van der Waals surface area contributed by atoms with E-state index in [4.69, 9.17) is 28.6 Å². The van der Waals surface area contributed by atoms with Gasteiger partial charge in [-0.3, -0.25) is 14.5 Å². The fourth-order valence-electron chi connectivity index (χ4n) is 4.12. The quantitative estimate of drug-likeness (QED) is 0.428. The van der Waals surface area contributed by atoms with Crippen LogP contribution in [0.1, 0.15) is 23.1 Å². The summed E-state index contributed by atoms with van der Waals surface area (Å²) in [7, 11) is 1.58. The summed E-state index contributed by atoms with van der Waals surface area (Å²) >= 11 is 12.1. The van der Waals surface area contributed by atoms with Crippen molar-refractivity contribution < 1.29 is 14.3 Å². The van der Waals surface area contributed by atoms with Gasteiger partial charge in [-0.1, -0.05) is 47.5 Å². The molecule has 6 nitrogen and oxygen atoms in total. The first kappa shape index (κ1) is 24.7. The summed E-state index contributed by atoms with van der Waals surface area (Å²) in [6, 6.07) is 19.5. The van der Waals surface area contributed by atoms with Crippen LogP contribution in [0.4, 0.5) is 11.4 Å². The molecule has 35 heavy (non-hydrogen) atoms. The van der Waals surface area contributed by atoms with Crippen molar-refractivity contribution in [3.63, 3.8) is 0 Å². The van der Waals surface area contributed by atoms with E-state index in [1.165, 1.54) is 4.90 Å². The first-order chi connectivity index (χ1) is 16.8. The van der Waals surface area contributed by atoms with Crippen LogP contribution >= 0.6 is 23.8 Å². The molecule has 1 atom stereocenters. The highest BCUT2D eigenvalue weighted by Gasteiger charge is 2.44. The molecule has 3 aromatic rings. The number of carbonyl (C=O) groups is 2. The fourth-order valence-corrected chi connectivity index (χ4v) is 4.71. The number of ether oxygens (including phenoxy) is 1. The molecule has 0 unspecified atom stereocenters. The van der Waals surface area contributed by atoms with E-state index in [2.05, 4.69) is 5.32 Å². The van der Waals surface area contributed by atoms with Crippen molar-refractivity contribution >= 4 is 52.1 Å². The van der Waals surface area contributed by atoms with E-state index in [1.54, 1.807) is 42.3 Å². The minimum absolute atomic E-state index is 0.0522. The van der Waals surface area contributed by atoms with E-state index in [0.29, 0.717) is 28.1 Å². The zero-order valence-corrected chi connectivity index (χ0v) is 21.3. The number of methoxy groups -OCH3 is 1. The summed E-state index contributed by atoms with van der Waals surface area (Å²) in [5.74, 6) is 0.144. The number of rotatable bonds is 7. The van der Waals surface area contributed by atoms with Crippen molar-refractivity contribution in [2.75, 3.05) is 17.3 Å². The Bertz CT molecular complexity index is 1280. The lowest BCUT2D eigenvalue weighted by Crippen LogP contribution is -2.37. The molecule has 1 N–H and O–H groups in total. The van der Waals surface area contributed by atoms with Gasteiger partial charge >= 0.3 is 0 Å². The predicted molar refractivity (Wildman–Crippen MR) is 143 cm³/mol. The maximum Gasteiger partial charge on any atom is 0.256 e. The molecule has 1 fully saturated rings. The molecule has 1 heterocycles. The highest BCUT2D eigenvalue weighted by Crippen LogP contribution is 2.31. The van der Waals surface area contributed by atoms with Gasteiger partial charge in [0.05, 0.1) is 19.2 Å². The molecule has 0 spiro atoms. The molecule has 0 bridgehead atoms. The first-order valence-corrected chi connectivity index (χ1v) is 12.0. The van der Waals surface area contributed by atoms with Crippen molar-refractivity contribution in [2.24, 2.45) is 0 Å². The van der Waals surface area contributed by atoms with Gasteiger partial charge in [-0.15, -0.1) is 0 Å². The third kappa shape index (κ3) is 5.31. The SMILES string of the molecule is COc1ccc(N2C(=O)[C@H](CC(=O)Nc3ccc(C)cc3C)N(Cc3ccccc3Cl)C2=S)cc1. The average Bonchev–Trinajstić information content (AvgIpc) is 3.06. The van der Waals surface area contributed by atoms with Crippen LogP contribution in [0.5, 0.6) is 5.75 Å². The number of nitrogens with one attached hydrogen (secondary N) is 1. The second-order valence-corrected chi connectivity index (χ2v) is 9.23. The summed E-state index contributed by atoms with van der Waals surface area (Å²) in [5, 5.41) is 3.84. The second-order valence-electron chi connectivity index (χ2n) is 8.46. The largest absolute Gasteiger partial charge is 0.497 e. The van der Waals surface area contributed by atoms with Gasteiger partial charge in [0.15, 0.2) is 5.11 Å². The number of thiocarbonyl (C=S) groups is 1. The van der Waals surface area contributed by atoms with Gasteiger partial charge in [-0.2, -0.15) is 0 Å². The lowest BCUT2D eigenvalue weighted by Gasteiger charge is -2.24. The number of hydrogen-bond acceptors (Lipinski definition) is 4. The van der Waals surface area contributed by atoms with Crippen LogP contribution in [0.2, 0.25) is 5.02 Å². The van der Waals surface area contributed by atoms with Gasteiger partial charge in [0.2, 0.25) is 5.91 Å². The summed E-state index contributed by atoms with van der Waals surface area (Å²) in [5.41, 5.74) is 4.22. The van der Waals surface area contributed by atoms with E-state index in [-0.39, 0.29) is 18.2 Å². The predicted octanol–water partition coefficient (Wildman–Crippen LogP) is 5.50. The summed E-state index contributed by atoms with van der Waals surface area (Å²) in [6.07, 6.45) is -0.0522. The molecule has 2 amide bonds. The lowest BCUT2D eigenvalue weighted by atomic mass is 10.1. The van der Waals surface area contributed by atoms with Crippen LogP contribution in [0.25, 0.3) is 0 Å². The van der Waals surface area contributed by atoms with Crippen LogP contribution in [0.3, 0.4) is 0 Å². The van der Waals surface area contributed by atoms with Crippen molar-refractivity contribution in [1.29, 1.82) is 0 Å². The molecule has 1 saturated heterocycles. The van der Waals surface area contributed by atoms with Gasteiger partial charge < -0.3 is 15.0 Å². The van der Waals surface area contributed by atoms with Crippen LogP contribution in [0, 0.1) is 13.8 Å². The molecule has 3 aromatic carbocycles. The highest BCUT2D eigenvalue weighted by molar-refractivity contribution is 7.80. The summed E-state index contributed by atoms with van der Waals surface area (Å²) in [4.78, 5) is 29.9. The second kappa shape index (κ2) is 10.5. The zero-order chi connectivity index (χ0) is 25.1. The maximum atomic E-state index is 13.6. The van der Waals surface area contributed by atoms with Gasteiger partial charge in [0.25, 0.3) is 5.91 Å². The van der Waals surface area contributed by atoms with E-state index in [0.717, 1.165) is 22.4 Å². The van der Waals surface area contributed by atoms with Gasteiger partial charge in [-0.05, 0) is 73.6 Å². The van der Waals surface area contributed by atoms with E-state index in [1.807, 2.05) is 50.2 Å². The number of aryl methyl sites for hydroxylation is 2. The molecular formula is C27H26ClN3O3S. The molecule has 4 rings (SSSR count). The zero-order valence-electron chi connectivity index (χ0n) is 19.7. The van der Waals surface area contributed by atoms with Gasteiger partial charge in [-0.25, -0.2) is 0 Å². The Morgan fingerprint density at radius 2 is 1.80 bits per heavy atom. The Kier molecular flexibility index (Phi) is 7.38. The number of nitrogens with zero attached hydrogens (tertiary/aromatic N) is 2. The summed E-state index contributed by atoms with van der Waals surface area (Å²) in [6.45, 7) is 4.24. The molecule has 180 valence electrons.